The number of methoxy groups -OCH3 is 2. The van der Waals surface area contributed by atoms with Crippen LogP contribution in [-0.2, 0) is 6.42 Å². The molecule has 3 N–H and O–H groups in total. The quantitative estimate of drug-likeness (QED) is 0.812. The summed E-state index contributed by atoms with van der Waals surface area (Å²) < 4.78 is 10.4. The van der Waals surface area contributed by atoms with Crippen molar-refractivity contribution in [3.63, 3.8) is 0 Å². The van der Waals surface area contributed by atoms with Gasteiger partial charge in [-0.1, -0.05) is 11.6 Å². The lowest BCUT2D eigenvalue weighted by Crippen LogP contribution is -2.20. The van der Waals surface area contributed by atoms with E-state index in [1.807, 2.05) is 6.07 Å². The van der Waals surface area contributed by atoms with Crippen molar-refractivity contribution >= 4 is 11.6 Å². The number of hydrogen-bond acceptors (Lipinski definition) is 4. The van der Waals surface area contributed by atoms with E-state index in [9.17, 15) is 0 Å². The van der Waals surface area contributed by atoms with Crippen LogP contribution >= 0.6 is 11.6 Å². The van der Waals surface area contributed by atoms with Crippen LogP contribution in [0.3, 0.4) is 0 Å². The summed E-state index contributed by atoms with van der Waals surface area (Å²) in [5, 5.41) is 9.61. The molecule has 4 nitrogen and oxygen atoms in total. The fraction of sp³-hybridized carbons (Fsp3) is 0.500. The lowest BCUT2D eigenvalue weighted by molar-refractivity contribution is 0.229. The Bertz CT molecular complexity index is 367. The second kappa shape index (κ2) is 6.69. The van der Waals surface area contributed by atoms with Gasteiger partial charge in [-0.25, -0.2) is 0 Å². The van der Waals surface area contributed by atoms with Crippen molar-refractivity contribution in [3.05, 3.63) is 22.7 Å². The molecule has 0 aliphatic carbocycles. The molecule has 0 saturated carbocycles. The Hall–Kier alpha value is -0.970. The standard InChI is InChI=1S/C12H18ClNO3/c1-16-11-5-8(3-9(6-14)7-15)4-10(13)12(11)17-2/h4-5,9,15H,3,6-7,14H2,1-2H3. The summed E-state index contributed by atoms with van der Waals surface area (Å²) in [6.07, 6.45) is 0.660. The van der Waals surface area contributed by atoms with E-state index in [-0.39, 0.29) is 12.5 Å². The summed E-state index contributed by atoms with van der Waals surface area (Å²) in [6, 6.07) is 3.66. The van der Waals surface area contributed by atoms with Gasteiger partial charge in [0.2, 0.25) is 0 Å². The largest absolute Gasteiger partial charge is 0.493 e. The molecule has 0 saturated heterocycles. The minimum absolute atomic E-state index is 0.0316. The molecule has 17 heavy (non-hydrogen) atoms. The Morgan fingerprint density at radius 1 is 1.35 bits per heavy atom. The van der Waals surface area contributed by atoms with Gasteiger partial charge in [-0.2, -0.15) is 0 Å². The third-order valence-corrected chi connectivity index (χ3v) is 2.89. The lowest BCUT2D eigenvalue weighted by atomic mass is 10.00. The zero-order valence-electron chi connectivity index (χ0n) is 10.1. The molecule has 1 aromatic rings. The average molecular weight is 260 g/mol. The lowest BCUT2D eigenvalue weighted by Gasteiger charge is -2.15. The van der Waals surface area contributed by atoms with Gasteiger partial charge < -0.3 is 20.3 Å². The highest BCUT2D eigenvalue weighted by Crippen LogP contribution is 2.36. The first-order valence-electron chi connectivity index (χ1n) is 5.37. The summed E-state index contributed by atoms with van der Waals surface area (Å²) >= 11 is 6.08. The average Bonchev–Trinajstić information content (AvgIpc) is 2.35. The molecule has 96 valence electrons. The van der Waals surface area contributed by atoms with Crippen LogP contribution in [0.25, 0.3) is 0 Å². The molecule has 1 unspecified atom stereocenters. The van der Waals surface area contributed by atoms with Crippen molar-refractivity contribution in [2.24, 2.45) is 11.7 Å². The number of aliphatic hydroxyl groups is 1. The SMILES string of the molecule is COc1cc(CC(CN)CO)cc(Cl)c1OC. The monoisotopic (exact) mass is 259 g/mol. The topological polar surface area (TPSA) is 64.7 Å². The van der Waals surface area contributed by atoms with Gasteiger partial charge in [-0.05, 0) is 36.6 Å². The van der Waals surface area contributed by atoms with Gasteiger partial charge in [0.15, 0.2) is 11.5 Å². The Labute approximate surface area is 106 Å². The predicted molar refractivity (Wildman–Crippen MR) is 67.9 cm³/mol. The van der Waals surface area contributed by atoms with E-state index in [0.717, 1.165) is 5.56 Å². The number of benzene rings is 1. The maximum absolute atomic E-state index is 9.11. The third kappa shape index (κ3) is 3.49. The first kappa shape index (κ1) is 14.1. The normalized spacial score (nSPS) is 12.3. The highest BCUT2D eigenvalue weighted by Gasteiger charge is 2.13. The van der Waals surface area contributed by atoms with Gasteiger partial charge in [0.25, 0.3) is 0 Å². The number of rotatable bonds is 6. The molecule has 1 aromatic carbocycles. The molecule has 0 aliphatic heterocycles. The Kier molecular flexibility index (Phi) is 5.55. The first-order chi connectivity index (χ1) is 8.15. The number of halogens is 1. The molecule has 0 bridgehead atoms. The molecule has 0 aliphatic rings. The van der Waals surface area contributed by atoms with E-state index in [4.69, 9.17) is 31.9 Å². The molecule has 0 radical (unpaired) electrons. The zero-order chi connectivity index (χ0) is 12.8. The summed E-state index contributed by atoms with van der Waals surface area (Å²) in [7, 11) is 3.10. The molecule has 0 heterocycles. The minimum atomic E-state index is 0.0316. The fourth-order valence-corrected chi connectivity index (χ4v) is 1.96. The fourth-order valence-electron chi connectivity index (χ4n) is 1.64. The van der Waals surface area contributed by atoms with E-state index in [0.29, 0.717) is 29.5 Å². The highest BCUT2D eigenvalue weighted by molar-refractivity contribution is 6.32. The molecular weight excluding hydrogens is 242 g/mol. The van der Waals surface area contributed by atoms with Crippen LogP contribution in [0.15, 0.2) is 12.1 Å². The second-order valence-electron chi connectivity index (χ2n) is 3.80. The van der Waals surface area contributed by atoms with Crippen molar-refractivity contribution in [3.8, 4) is 11.5 Å². The minimum Gasteiger partial charge on any atom is -0.493 e. The van der Waals surface area contributed by atoms with E-state index >= 15 is 0 Å². The molecular formula is C12H18ClNO3. The van der Waals surface area contributed by atoms with Crippen molar-refractivity contribution < 1.29 is 14.6 Å². The summed E-state index contributed by atoms with van der Waals surface area (Å²) in [6.45, 7) is 0.491. The smallest absolute Gasteiger partial charge is 0.179 e. The summed E-state index contributed by atoms with van der Waals surface area (Å²) in [4.78, 5) is 0. The second-order valence-corrected chi connectivity index (χ2v) is 4.21. The van der Waals surface area contributed by atoms with Crippen molar-refractivity contribution in [1.82, 2.24) is 0 Å². The van der Waals surface area contributed by atoms with Crippen molar-refractivity contribution in [2.75, 3.05) is 27.4 Å². The van der Waals surface area contributed by atoms with Gasteiger partial charge in [0.1, 0.15) is 0 Å². The number of hydrogen-bond donors (Lipinski definition) is 2. The predicted octanol–water partition coefficient (Wildman–Crippen LogP) is 1.47. The number of ether oxygens (including phenoxy) is 2. The molecule has 0 aromatic heterocycles. The molecule has 5 heteroatoms. The maximum atomic E-state index is 9.11. The zero-order valence-corrected chi connectivity index (χ0v) is 10.8. The van der Waals surface area contributed by atoms with Crippen LogP contribution < -0.4 is 15.2 Å². The number of nitrogens with two attached hydrogens (primary N) is 1. The van der Waals surface area contributed by atoms with Crippen molar-refractivity contribution in [1.29, 1.82) is 0 Å². The van der Waals surface area contributed by atoms with Crippen LogP contribution in [0, 0.1) is 5.92 Å². The van der Waals surface area contributed by atoms with Gasteiger partial charge >= 0.3 is 0 Å². The van der Waals surface area contributed by atoms with Crippen molar-refractivity contribution in [2.45, 2.75) is 6.42 Å². The van der Waals surface area contributed by atoms with Gasteiger partial charge in [-0.3, -0.25) is 0 Å². The Balaban J connectivity index is 2.98. The van der Waals surface area contributed by atoms with E-state index in [2.05, 4.69) is 0 Å². The molecule has 1 rings (SSSR count). The summed E-state index contributed by atoms with van der Waals surface area (Å²) in [5.74, 6) is 1.14. The van der Waals surface area contributed by atoms with Crippen LogP contribution in [0.1, 0.15) is 5.56 Å². The number of aliphatic hydroxyl groups excluding tert-OH is 1. The molecule has 0 fully saturated rings. The summed E-state index contributed by atoms with van der Waals surface area (Å²) in [5.41, 5.74) is 6.52. The third-order valence-electron chi connectivity index (χ3n) is 2.61. The first-order valence-corrected chi connectivity index (χ1v) is 5.75. The van der Waals surface area contributed by atoms with Crippen LogP contribution in [0.2, 0.25) is 5.02 Å². The van der Waals surface area contributed by atoms with Crippen LogP contribution in [0.5, 0.6) is 11.5 Å². The van der Waals surface area contributed by atoms with Crippen LogP contribution in [0.4, 0.5) is 0 Å². The van der Waals surface area contributed by atoms with E-state index < -0.39 is 0 Å². The van der Waals surface area contributed by atoms with Gasteiger partial charge in [0, 0.05) is 6.61 Å². The van der Waals surface area contributed by atoms with E-state index in [1.54, 1.807) is 20.3 Å². The Morgan fingerprint density at radius 2 is 2.06 bits per heavy atom. The maximum Gasteiger partial charge on any atom is 0.179 e. The van der Waals surface area contributed by atoms with E-state index in [1.165, 1.54) is 0 Å². The van der Waals surface area contributed by atoms with Gasteiger partial charge in [-0.15, -0.1) is 0 Å². The highest BCUT2D eigenvalue weighted by atomic mass is 35.5. The molecule has 0 spiro atoms. The van der Waals surface area contributed by atoms with Gasteiger partial charge in [0.05, 0.1) is 19.2 Å². The Morgan fingerprint density at radius 3 is 2.53 bits per heavy atom. The van der Waals surface area contributed by atoms with Crippen LogP contribution in [-0.4, -0.2) is 32.5 Å². The molecule has 1 atom stereocenters. The molecule has 0 amide bonds.